The molecule has 1 atom stereocenters. The van der Waals surface area contributed by atoms with E-state index in [4.69, 9.17) is 11.6 Å². The molecule has 1 aromatic heterocycles. The second kappa shape index (κ2) is 7.43. The van der Waals surface area contributed by atoms with Gasteiger partial charge >= 0.3 is 0 Å². The summed E-state index contributed by atoms with van der Waals surface area (Å²) in [5.74, 6) is 0.0959. The largest absolute Gasteiger partial charge is 0.506 e. The number of hydrogen-bond donors (Lipinski definition) is 3. The second-order valence-corrected chi connectivity index (χ2v) is 8.00. The number of anilines is 1. The molecule has 2 aromatic rings. The number of rotatable bonds is 2. The van der Waals surface area contributed by atoms with Crippen molar-refractivity contribution in [3.05, 3.63) is 44.7 Å². The number of phenols is 1. The molecule has 0 bridgehead atoms. The minimum absolute atomic E-state index is 0.0121. The maximum atomic E-state index is 12.8. The molecule has 1 aliphatic carbocycles. The number of carbonyl (C=O) groups is 1. The monoisotopic (exact) mass is 389 g/mol. The number of fused-ring (bicyclic) bond motifs is 1. The number of amides is 1. The Bertz CT molecular complexity index is 910. The van der Waals surface area contributed by atoms with E-state index in [1.54, 1.807) is 12.1 Å². The summed E-state index contributed by atoms with van der Waals surface area (Å²) in [6.07, 6.45) is 8.15. The van der Waals surface area contributed by atoms with Crippen LogP contribution in [0.2, 0.25) is 5.02 Å². The number of nitrogens with one attached hydrogen (secondary N) is 2. The average Bonchev–Trinajstić information content (AvgIpc) is 2.93. The summed E-state index contributed by atoms with van der Waals surface area (Å²) in [6.45, 7) is 0. The van der Waals surface area contributed by atoms with Crippen LogP contribution in [-0.2, 0) is 4.79 Å². The normalized spacial score (nSPS) is 21.2. The lowest BCUT2D eigenvalue weighted by molar-refractivity contribution is -0.116. The molecule has 0 unspecified atom stereocenters. The topological polar surface area (TPSA) is 87.1 Å². The molecule has 0 spiro atoms. The van der Waals surface area contributed by atoms with Gasteiger partial charge < -0.3 is 10.4 Å². The predicted molar refractivity (Wildman–Crippen MR) is 105 cm³/mol. The van der Waals surface area contributed by atoms with Gasteiger partial charge in [0.25, 0.3) is 5.56 Å². The Morgan fingerprint density at radius 1 is 1.07 bits per heavy atom. The molecule has 4 rings (SSSR count). The van der Waals surface area contributed by atoms with Crippen molar-refractivity contribution >= 4 is 23.3 Å². The van der Waals surface area contributed by atoms with Crippen molar-refractivity contribution in [3.8, 4) is 5.75 Å². The number of benzene rings is 1. The molecule has 1 aromatic carbocycles. The second-order valence-electron chi connectivity index (χ2n) is 7.59. The molecule has 6 nitrogen and oxygen atoms in total. The number of halogens is 1. The summed E-state index contributed by atoms with van der Waals surface area (Å²) < 4.78 is 1.88. The van der Waals surface area contributed by atoms with E-state index in [0.29, 0.717) is 11.4 Å². The van der Waals surface area contributed by atoms with E-state index >= 15 is 0 Å². The Balaban J connectivity index is 1.76. The third-order valence-corrected chi connectivity index (χ3v) is 6.08. The van der Waals surface area contributed by atoms with Crippen LogP contribution in [0.25, 0.3) is 0 Å². The van der Waals surface area contributed by atoms with Crippen LogP contribution in [0, 0.1) is 0 Å². The van der Waals surface area contributed by atoms with E-state index in [2.05, 4.69) is 10.4 Å². The van der Waals surface area contributed by atoms with Gasteiger partial charge in [-0.3, -0.25) is 19.4 Å². The fourth-order valence-corrected chi connectivity index (χ4v) is 4.56. The highest BCUT2D eigenvalue weighted by molar-refractivity contribution is 6.32. The lowest BCUT2D eigenvalue weighted by Crippen LogP contribution is -2.27. The summed E-state index contributed by atoms with van der Waals surface area (Å²) in [7, 11) is 0. The summed E-state index contributed by atoms with van der Waals surface area (Å²) >= 11 is 6.06. The molecule has 0 saturated heterocycles. The van der Waals surface area contributed by atoms with Gasteiger partial charge in [0.1, 0.15) is 11.6 Å². The van der Waals surface area contributed by atoms with Gasteiger partial charge in [0.15, 0.2) is 0 Å². The van der Waals surface area contributed by atoms with Gasteiger partial charge in [-0.2, -0.15) is 0 Å². The summed E-state index contributed by atoms with van der Waals surface area (Å²) in [5.41, 5.74) is 1.18. The van der Waals surface area contributed by atoms with Crippen molar-refractivity contribution in [2.24, 2.45) is 0 Å². The van der Waals surface area contributed by atoms with Gasteiger partial charge in [0.05, 0.1) is 16.6 Å². The van der Waals surface area contributed by atoms with Crippen LogP contribution in [-0.4, -0.2) is 20.8 Å². The predicted octanol–water partition coefficient (Wildman–Crippen LogP) is 4.29. The van der Waals surface area contributed by atoms with Crippen LogP contribution < -0.4 is 10.9 Å². The molecular weight excluding hydrogens is 366 g/mol. The van der Waals surface area contributed by atoms with E-state index in [-0.39, 0.29) is 40.6 Å². The van der Waals surface area contributed by atoms with E-state index in [1.165, 1.54) is 25.3 Å². The van der Waals surface area contributed by atoms with Crippen molar-refractivity contribution in [1.29, 1.82) is 0 Å². The first-order chi connectivity index (χ1) is 13.0. The zero-order valence-electron chi connectivity index (χ0n) is 15.1. The lowest BCUT2D eigenvalue weighted by Gasteiger charge is -2.27. The molecule has 1 saturated carbocycles. The van der Waals surface area contributed by atoms with E-state index < -0.39 is 0 Å². The van der Waals surface area contributed by atoms with Gasteiger partial charge in [0.2, 0.25) is 5.91 Å². The Hall–Kier alpha value is -2.21. The Labute approximate surface area is 162 Å². The number of H-pyrrole nitrogens is 1. The third-order valence-electron chi connectivity index (χ3n) is 5.77. The third kappa shape index (κ3) is 3.50. The fraction of sp³-hybridized carbons (Fsp3) is 0.500. The van der Waals surface area contributed by atoms with Gasteiger partial charge in [0, 0.05) is 12.3 Å². The fourth-order valence-electron chi connectivity index (χ4n) is 4.38. The van der Waals surface area contributed by atoms with E-state index in [1.807, 2.05) is 4.68 Å². The van der Waals surface area contributed by atoms with E-state index in [9.17, 15) is 14.7 Å². The zero-order chi connectivity index (χ0) is 19.0. The standard InChI is InChI=1S/C20H24ClN3O3/c21-15-10-12(8-9-16(15)25)14-11-17(26)22-19-18(14)20(27)23-24(19)13-6-4-2-1-3-5-7-13/h8-10,13-14,25H,1-7,11H2,(H,22,26)(H,23,27)/t14-/m1/s1. The van der Waals surface area contributed by atoms with Gasteiger partial charge in [-0.05, 0) is 30.5 Å². The minimum Gasteiger partial charge on any atom is -0.506 e. The summed E-state index contributed by atoms with van der Waals surface area (Å²) in [5, 5.41) is 15.8. The zero-order valence-corrected chi connectivity index (χ0v) is 15.9. The molecular formula is C20H24ClN3O3. The molecule has 27 heavy (non-hydrogen) atoms. The van der Waals surface area contributed by atoms with Crippen LogP contribution in [0.15, 0.2) is 23.0 Å². The molecule has 144 valence electrons. The highest BCUT2D eigenvalue weighted by atomic mass is 35.5. The first-order valence-corrected chi connectivity index (χ1v) is 10.0. The van der Waals surface area contributed by atoms with Crippen molar-refractivity contribution in [2.75, 3.05) is 5.32 Å². The smallest absolute Gasteiger partial charge is 0.270 e. The first kappa shape index (κ1) is 18.2. The van der Waals surface area contributed by atoms with Crippen molar-refractivity contribution < 1.29 is 9.90 Å². The first-order valence-electron chi connectivity index (χ1n) is 9.67. The SMILES string of the molecule is O=C1C[C@H](c2ccc(O)c(Cl)c2)c2c(n(C3CCCCCCC3)[nH]c2=O)N1. The van der Waals surface area contributed by atoms with Crippen molar-refractivity contribution in [1.82, 2.24) is 9.78 Å². The molecule has 1 amide bonds. The Kier molecular flexibility index (Phi) is 5.00. The quantitative estimate of drug-likeness (QED) is 0.715. The van der Waals surface area contributed by atoms with Crippen molar-refractivity contribution in [3.63, 3.8) is 0 Å². The van der Waals surface area contributed by atoms with Crippen LogP contribution in [0.3, 0.4) is 0 Å². The van der Waals surface area contributed by atoms with E-state index in [0.717, 1.165) is 31.2 Å². The van der Waals surface area contributed by atoms with Crippen LogP contribution in [0.5, 0.6) is 5.75 Å². The molecule has 1 aliphatic heterocycles. The highest BCUT2D eigenvalue weighted by Gasteiger charge is 2.34. The highest BCUT2D eigenvalue weighted by Crippen LogP contribution is 2.39. The van der Waals surface area contributed by atoms with Gasteiger partial charge in [-0.1, -0.05) is 49.8 Å². The number of phenolic OH excluding ortho intramolecular Hbond substituents is 1. The number of aromatic amines is 1. The molecule has 7 heteroatoms. The molecule has 3 N–H and O–H groups in total. The number of carbonyl (C=O) groups excluding carboxylic acids is 1. The molecule has 2 aliphatic rings. The summed E-state index contributed by atoms with van der Waals surface area (Å²) in [4.78, 5) is 25.2. The lowest BCUT2D eigenvalue weighted by atomic mass is 9.87. The Morgan fingerprint density at radius 3 is 2.48 bits per heavy atom. The number of nitrogens with zero attached hydrogens (tertiary/aromatic N) is 1. The number of aromatic hydroxyl groups is 1. The molecule has 2 heterocycles. The van der Waals surface area contributed by atoms with Crippen LogP contribution in [0.4, 0.5) is 5.82 Å². The van der Waals surface area contributed by atoms with Gasteiger partial charge in [-0.15, -0.1) is 0 Å². The molecule has 0 radical (unpaired) electrons. The van der Waals surface area contributed by atoms with Crippen LogP contribution in [0.1, 0.15) is 74.5 Å². The number of hydrogen-bond acceptors (Lipinski definition) is 3. The Morgan fingerprint density at radius 2 is 1.78 bits per heavy atom. The summed E-state index contributed by atoms with van der Waals surface area (Å²) in [6, 6.07) is 5.06. The van der Waals surface area contributed by atoms with Crippen LogP contribution >= 0.6 is 11.6 Å². The maximum Gasteiger partial charge on any atom is 0.270 e. The maximum absolute atomic E-state index is 12.8. The van der Waals surface area contributed by atoms with Crippen molar-refractivity contribution in [2.45, 2.75) is 63.3 Å². The van der Waals surface area contributed by atoms with Gasteiger partial charge in [-0.25, -0.2) is 0 Å². The number of aromatic nitrogens is 2. The minimum atomic E-state index is -0.370. The molecule has 1 fully saturated rings. The average molecular weight is 390 g/mol.